The lowest BCUT2D eigenvalue weighted by Gasteiger charge is -2.32. The summed E-state index contributed by atoms with van der Waals surface area (Å²) in [5, 5.41) is 9.48. The Kier molecular flexibility index (Phi) is 4.08. The number of hydrogen-bond donors (Lipinski definition) is 0. The minimum atomic E-state index is -0.0281. The van der Waals surface area contributed by atoms with Gasteiger partial charge in [0.1, 0.15) is 23.8 Å². The van der Waals surface area contributed by atoms with E-state index in [4.69, 9.17) is 9.15 Å². The number of nitrogens with zero attached hydrogens (tertiary/aromatic N) is 4. The SMILES string of the molecule is CCn1cnnc1C1CN(Cc2c(C)oc3ccccc23)CCO1. The van der Waals surface area contributed by atoms with Crippen molar-refractivity contribution in [3.05, 3.63) is 47.7 Å². The maximum Gasteiger partial charge on any atom is 0.163 e. The molecule has 0 amide bonds. The van der Waals surface area contributed by atoms with Crippen LogP contribution in [0.5, 0.6) is 0 Å². The third kappa shape index (κ3) is 2.72. The molecule has 126 valence electrons. The van der Waals surface area contributed by atoms with Gasteiger partial charge in [0, 0.05) is 37.1 Å². The summed E-state index contributed by atoms with van der Waals surface area (Å²) in [6.07, 6.45) is 1.74. The lowest BCUT2D eigenvalue weighted by atomic mass is 10.1. The third-order valence-electron chi connectivity index (χ3n) is 4.71. The van der Waals surface area contributed by atoms with Gasteiger partial charge < -0.3 is 13.7 Å². The largest absolute Gasteiger partial charge is 0.461 e. The summed E-state index contributed by atoms with van der Waals surface area (Å²) in [6, 6.07) is 8.23. The molecule has 1 aliphatic rings. The first-order chi connectivity index (χ1) is 11.8. The van der Waals surface area contributed by atoms with Gasteiger partial charge in [-0.2, -0.15) is 0 Å². The number of fused-ring (bicyclic) bond motifs is 1. The van der Waals surface area contributed by atoms with Crippen molar-refractivity contribution in [2.75, 3.05) is 19.7 Å². The number of rotatable bonds is 4. The Bertz CT molecular complexity index is 839. The highest BCUT2D eigenvalue weighted by atomic mass is 16.5. The summed E-state index contributed by atoms with van der Waals surface area (Å²) in [6.45, 7) is 8.29. The maximum absolute atomic E-state index is 5.94. The van der Waals surface area contributed by atoms with E-state index in [1.807, 2.05) is 23.6 Å². The predicted molar refractivity (Wildman–Crippen MR) is 90.6 cm³/mol. The second-order valence-corrected chi connectivity index (χ2v) is 6.20. The van der Waals surface area contributed by atoms with Crippen molar-refractivity contribution in [3.63, 3.8) is 0 Å². The van der Waals surface area contributed by atoms with Crippen LogP contribution in [0, 0.1) is 6.92 Å². The van der Waals surface area contributed by atoms with Crippen LogP contribution in [-0.2, 0) is 17.8 Å². The fourth-order valence-electron chi connectivity index (χ4n) is 3.40. The number of benzene rings is 1. The van der Waals surface area contributed by atoms with Crippen LogP contribution in [0.2, 0.25) is 0 Å². The fourth-order valence-corrected chi connectivity index (χ4v) is 3.40. The first-order valence-corrected chi connectivity index (χ1v) is 8.45. The maximum atomic E-state index is 5.94. The molecule has 0 bridgehead atoms. The van der Waals surface area contributed by atoms with Crippen molar-refractivity contribution in [3.8, 4) is 0 Å². The quantitative estimate of drug-likeness (QED) is 0.738. The van der Waals surface area contributed by atoms with Crippen molar-refractivity contribution in [2.24, 2.45) is 0 Å². The molecule has 0 N–H and O–H groups in total. The van der Waals surface area contributed by atoms with E-state index in [1.165, 1.54) is 10.9 Å². The zero-order chi connectivity index (χ0) is 16.5. The molecule has 6 nitrogen and oxygen atoms in total. The molecule has 24 heavy (non-hydrogen) atoms. The second-order valence-electron chi connectivity index (χ2n) is 6.20. The monoisotopic (exact) mass is 326 g/mol. The molecule has 4 rings (SSSR count). The molecule has 1 saturated heterocycles. The highest BCUT2D eigenvalue weighted by Crippen LogP contribution is 2.28. The van der Waals surface area contributed by atoms with Crippen LogP contribution >= 0.6 is 0 Å². The van der Waals surface area contributed by atoms with E-state index in [1.54, 1.807) is 6.33 Å². The van der Waals surface area contributed by atoms with Crippen molar-refractivity contribution in [1.82, 2.24) is 19.7 Å². The molecule has 1 unspecified atom stereocenters. The van der Waals surface area contributed by atoms with Gasteiger partial charge in [-0.3, -0.25) is 4.90 Å². The molecule has 6 heteroatoms. The summed E-state index contributed by atoms with van der Waals surface area (Å²) < 4.78 is 13.9. The summed E-state index contributed by atoms with van der Waals surface area (Å²) in [4.78, 5) is 2.41. The van der Waals surface area contributed by atoms with Gasteiger partial charge in [0.05, 0.1) is 6.61 Å². The normalized spacial score (nSPS) is 19.2. The molecule has 1 fully saturated rings. The lowest BCUT2D eigenvalue weighted by Crippen LogP contribution is -2.38. The molecule has 0 aliphatic carbocycles. The number of para-hydroxylation sites is 1. The van der Waals surface area contributed by atoms with Crippen LogP contribution in [-0.4, -0.2) is 39.4 Å². The zero-order valence-electron chi connectivity index (χ0n) is 14.1. The van der Waals surface area contributed by atoms with E-state index in [2.05, 4.69) is 34.2 Å². The summed E-state index contributed by atoms with van der Waals surface area (Å²) in [5.41, 5.74) is 2.23. The Labute approximate surface area is 141 Å². The van der Waals surface area contributed by atoms with Crippen molar-refractivity contribution < 1.29 is 9.15 Å². The average molecular weight is 326 g/mol. The second kappa shape index (κ2) is 6.37. The molecule has 1 atom stereocenters. The van der Waals surface area contributed by atoms with Gasteiger partial charge in [-0.25, -0.2) is 0 Å². The smallest absolute Gasteiger partial charge is 0.163 e. The lowest BCUT2D eigenvalue weighted by molar-refractivity contribution is -0.0388. The van der Waals surface area contributed by atoms with Crippen molar-refractivity contribution in [2.45, 2.75) is 33.0 Å². The summed E-state index contributed by atoms with van der Waals surface area (Å²) in [7, 11) is 0. The first-order valence-electron chi connectivity index (χ1n) is 8.45. The molecule has 3 heterocycles. The topological polar surface area (TPSA) is 56.3 Å². The molecular formula is C18H22N4O2. The minimum absolute atomic E-state index is 0.0281. The number of furan rings is 1. The van der Waals surface area contributed by atoms with Crippen LogP contribution in [0.15, 0.2) is 35.0 Å². The average Bonchev–Trinajstić information content (AvgIpc) is 3.20. The Hall–Kier alpha value is -2.18. The standard InChI is InChI=1S/C18H22N4O2/c1-3-22-12-19-20-18(22)17-11-21(8-9-23-17)10-15-13(2)24-16-7-5-4-6-14(15)16/h4-7,12,17H,3,8-11H2,1-2H3. The summed E-state index contributed by atoms with van der Waals surface area (Å²) in [5.74, 6) is 1.91. The Morgan fingerprint density at radius 2 is 2.17 bits per heavy atom. The highest BCUT2D eigenvalue weighted by Gasteiger charge is 2.27. The van der Waals surface area contributed by atoms with E-state index >= 15 is 0 Å². The van der Waals surface area contributed by atoms with E-state index < -0.39 is 0 Å². The van der Waals surface area contributed by atoms with Gasteiger partial charge >= 0.3 is 0 Å². The fraction of sp³-hybridized carbons (Fsp3) is 0.444. The van der Waals surface area contributed by atoms with Gasteiger partial charge in [0.2, 0.25) is 0 Å². The molecule has 0 radical (unpaired) electrons. The number of morpholine rings is 1. The molecule has 0 spiro atoms. The number of aromatic nitrogens is 3. The van der Waals surface area contributed by atoms with Crippen LogP contribution in [0.1, 0.15) is 30.2 Å². The molecule has 0 saturated carbocycles. The van der Waals surface area contributed by atoms with Crippen LogP contribution in [0.3, 0.4) is 0 Å². The first kappa shape index (κ1) is 15.4. The van der Waals surface area contributed by atoms with E-state index in [9.17, 15) is 0 Å². The van der Waals surface area contributed by atoms with Crippen LogP contribution in [0.4, 0.5) is 0 Å². The molecule has 2 aromatic heterocycles. The summed E-state index contributed by atoms with van der Waals surface area (Å²) >= 11 is 0. The van der Waals surface area contributed by atoms with Gasteiger partial charge in [-0.1, -0.05) is 18.2 Å². The van der Waals surface area contributed by atoms with E-state index in [0.29, 0.717) is 6.61 Å². The van der Waals surface area contributed by atoms with E-state index in [0.717, 1.165) is 43.3 Å². The van der Waals surface area contributed by atoms with Crippen molar-refractivity contribution >= 4 is 11.0 Å². The van der Waals surface area contributed by atoms with Gasteiger partial charge in [0.25, 0.3) is 0 Å². The third-order valence-corrected chi connectivity index (χ3v) is 4.71. The minimum Gasteiger partial charge on any atom is -0.461 e. The highest BCUT2D eigenvalue weighted by molar-refractivity contribution is 5.82. The van der Waals surface area contributed by atoms with Crippen molar-refractivity contribution in [1.29, 1.82) is 0 Å². The number of hydrogen-bond acceptors (Lipinski definition) is 5. The van der Waals surface area contributed by atoms with Gasteiger partial charge in [-0.15, -0.1) is 10.2 Å². The molecular weight excluding hydrogens is 304 g/mol. The van der Waals surface area contributed by atoms with Gasteiger partial charge in [-0.05, 0) is 19.9 Å². The predicted octanol–water partition coefficient (Wildman–Crippen LogP) is 2.93. The Morgan fingerprint density at radius 3 is 3.04 bits per heavy atom. The molecule has 3 aromatic rings. The molecule has 1 aliphatic heterocycles. The number of aryl methyl sites for hydroxylation is 2. The van der Waals surface area contributed by atoms with Gasteiger partial charge in [0.15, 0.2) is 5.82 Å². The Balaban J connectivity index is 1.55. The van der Waals surface area contributed by atoms with Crippen LogP contribution < -0.4 is 0 Å². The van der Waals surface area contributed by atoms with E-state index in [-0.39, 0.29) is 6.10 Å². The molecule has 1 aromatic carbocycles. The van der Waals surface area contributed by atoms with Crippen LogP contribution in [0.25, 0.3) is 11.0 Å². The Morgan fingerprint density at radius 1 is 1.29 bits per heavy atom. The number of ether oxygens (including phenoxy) is 1. The zero-order valence-corrected chi connectivity index (χ0v) is 14.1.